The van der Waals surface area contributed by atoms with Crippen molar-refractivity contribution in [2.45, 2.75) is 6.92 Å². The van der Waals surface area contributed by atoms with E-state index in [2.05, 4.69) is 5.32 Å². The molecule has 1 N–H and O–H groups in total. The molecule has 114 valence electrons. The quantitative estimate of drug-likeness (QED) is 0.831. The maximum absolute atomic E-state index is 11.9. The van der Waals surface area contributed by atoms with Crippen LogP contribution in [0.1, 0.15) is 17.3 Å². The summed E-state index contributed by atoms with van der Waals surface area (Å²) < 4.78 is 5.36. The lowest BCUT2D eigenvalue weighted by molar-refractivity contribution is -0.118. The Morgan fingerprint density at radius 3 is 2.64 bits per heavy atom. The first-order chi connectivity index (χ1) is 10.5. The second-order valence-electron chi connectivity index (χ2n) is 4.55. The number of hydrogen-bond acceptors (Lipinski definition) is 3. The zero-order chi connectivity index (χ0) is 16.1. The molecule has 22 heavy (non-hydrogen) atoms. The lowest BCUT2D eigenvalue weighted by Crippen LogP contribution is -2.20. The highest BCUT2D eigenvalue weighted by Crippen LogP contribution is 2.25. The van der Waals surface area contributed by atoms with Crippen molar-refractivity contribution < 1.29 is 14.3 Å². The summed E-state index contributed by atoms with van der Waals surface area (Å²) in [5.74, 6) is -0.00181. The molecule has 2 aromatic rings. The van der Waals surface area contributed by atoms with Gasteiger partial charge < -0.3 is 10.1 Å². The van der Waals surface area contributed by atoms with Crippen LogP contribution in [-0.2, 0) is 4.79 Å². The molecule has 0 aliphatic heterocycles. The molecule has 0 radical (unpaired) electrons. The molecule has 0 aliphatic rings. The molecule has 0 atom stereocenters. The molecule has 0 saturated carbocycles. The van der Waals surface area contributed by atoms with E-state index in [1.54, 1.807) is 42.5 Å². The normalized spacial score (nSPS) is 10.1. The maximum atomic E-state index is 11.9. The molecular weight excluding hydrogens is 325 g/mol. The highest BCUT2D eigenvalue weighted by atomic mass is 35.5. The largest absolute Gasteiger partial charge is 0.484 e. The van der Waals surface area contributed by atoms with Gasteiger partial charge in [-0.15, -0.1) is 0 Å². The highest BCUT2D eigenvalue weighted by Gasteiger charge is 2.08. The third-order valence-corrected chi connectivity index (χ3v) is 3.38. The summed E-state index contributed by atoms with van der Waals surface area (Å²) in [5.41, 5.74) is 0.941. The van der Waals surface area contributed by atoms with E-state index < -0.39 is 0 Å². The van der Waals surface area contributed by atoms with Crippen molar-refractivity contribution in [1.82, 2.24) is 0 Å². The number of anilines is 1. The third kappa shape index (κ3) is 4.48. The van der Waals surface area contributed by atoms with Gasteiger partial charge in [0.2, 0.25) is 0 Å². The molecule has 1 amide bonds. The van der Waals surface area contributed by atoms with E-state index in [4.69, 9.17) is 27.9 Å². The zero-order valence-corrected chi connectivity index (χ0v) is 13.2. The van der Waals surface area contributed by atoms with Crippen LogP contribution in [0.15, 0.2) is 42.5 Å². The number of carbonyl (C=O) groups excluding carboxylic acids is 2. The van der Waals surface area contributed by atoms with Crippen LogP contribution in [-0.4, -0.2) is 18.3 Å². The fraction of sp³-hybridized carbons (Fsp3) is 0.125. The number of amides is 1. The molecule has 0 spiro atoms. The number of rotatable bonds is 5. The highest BCUT2D eigenvalue weighted by molar-refractivity contribution is 6.35. The van der Waals surface area contributed by atoms with Gasteiger partial charge in [-0.2, -0.15) is 0 Å². The predicted octanol–water partition coefficient (Wildman–Crippen LogP) is 4.21. The van der Waals surface area contributed by atoms with Crippen LogP contribution in [0.4, 0.5) is 5.69 Å². The number of Topliss-reactive ketones (excluding diaryl/α,β-unsaturated/α-hetero) is 1. The number of carbonyl (C=O) groups is 2. The fourth-order valence-electron chi connectivity index (χ4n) is 1.73. The molecule has 2 aromatic carbocycles. The van der Waals surface area contributed by atoms with Crippen molar-refractivity contribution in [3.63, 3.8) is 0 Å². The van der Waals surface area contributed by atoms with E-state index in [1.165, 1.54) is 6.92 Å². The Morgan fingerprint density at radius 1 is 1.14 bits per heavy atom. The number of nitrogens with one attached hydrogen (secondary N) is 1. The van der Waals surface area contributed by atoms with Crippen molar-refractivity contribution >= 4 is 40.6 Å². The molecule has 0 fully saturated rings. The Hall–Kier alpha value is -2.04. The van der Waals surface area contributed by atoms with E-state index in [0.29, 0.717) is 27.0 Å². The standard InChI is InChI=1S/C16H13Cl2NO3/c1-10(20)11-3-2-4-13(7-11)22-9-16(21)19-15-8-12(17)5-6-14(15)18/h2-8H,9H2,1H3,(H,19,21). The minimum absolute atomic E-state index is 0.0689. The summed E-state index contributed by atoms with van der Waals surface area (Å²) in [7, 11) is 0. The summed E-state index contributed by atoms with van der Waals surface area (Å²) in [6, 6.07) is 11.4. The van der Waals surface area contributed by atoms with Gasteiger partial charge in [-0.1, -0.05) is 35.3 Å². The monoisotopic (exact) mass is 337 g/mol. The SMILES string of the molecule is CC(=O)c1cccc(OCC(=O)Nc2cc(Cl)ccc2Cl)c1. The van der Waals surface area contributed by atoms with Crippen LogP contribution < -0.4 is 10.1 Å². The summed E-state index contributed by atoms with van der Waals surface area (Å²) in [6.07, 6.45) is 0. The van der Waals surface area contributed by atoms with Gasteiger partial charge in [-0.05, 0) is 37.3 Å². The van der Waals surface area contributed by atoms with Gasteiger partial charge in [0.15, 0.2) is 12.4 Å². The van der Waals surface area contributed by atoms with Crippen LogP contribution in [0.5, 0.6) is 5.75 Å². The Morgan fingerprint density at radius 2 is 1.91 bits per heavy atom. The van der Waals surface area contributed by atoms with E-state index >= 15 is 0 Å². The molecule has 0 saturated heterocycles. The van der Waals surface area contributed by atoms with Gasteiger partial charge in [0, 0.05) is 10.6 Å². The smallest absolute Gasteiger partial charge is 0.262 e. The minimum Gasteiger partial charge on any atom is -0.484 e. The van der Waals surface area contributed by atoms with Crippen LogP contribution in [0, 0.1) is 0 Å². The number of benzene rings is 2. The van der Waals surface area contributed by atoms with Crippen LogP contribution in [0.3, 0.4) is 0 Å². The first-order valence-electron chi connectivity index (χ1n) is 6.44. The summed E-state index contributed by atoms with van der Waals surface area (Å²) in [6.45, 7) is 1.26. The van der Waals surface area contributed by atoms with Crippen molar-refractivity contribution in [2.75, 3.05) is 11.9 Å². The Balaban J connectivity index is 1.97. The molecule has 0 aromatic heterocycles. The van der Waals surface area contributed by atoms with Gasteiger partial charge in [0.25, 0.3) is 5.91 Å². The number of ketones is 1. The second kappa shape index (κ2) is 7.29. The van der Waals surface area contributed by atoms with Gasteiger partial charge in [-0.3, -0.25) is 9.59 Å². The first kappa shape index (κ1) is 16.3. The molecule has 0 aliphatic carbocycles. The molecule has 0 unspecified atom stereocenters. The van der Waals surface area contributed by atoms with Crippen molar-refractivity contribution in [1.29, 1.82) is 0 Å². The Labute approximate surface area is 138 Å². The second-order valence-corrected chi connectivity index (χ2v) is 5.39. The van der Waals surface area contributed by atoms with Crippen molar-refractivity contribution in [2.24, 2.45) is 0 Å². The van der Waals surface area contributed by atoms with Crippen molar-refractivity contribution in [3.05, 3.63) is 58.1 Å². The molecule has 0 heterocycles. The Bertz CT molecular complexity index is 716. The first-order valence-corrected chi connectivity index (χ1v) is 7.20. The third-order valence-electron chi connectivity index (χ3n) is 2.81. The molecule has 6 heteroatoms. The number of halogens is 2. The number of hydrogen-bond donors (Lipinski definition) is 1. The Kier molecular flexibility index (Phi) is 5.41. The molecule has 4 nitrogen and oxygen atoms in total. The molecule has 2 rings (SSSR count). The molecule has 0 bridgehead atoms. The van der Waals surface area contributed by atoms with E-state index in [9.17, 15) is 9.59 Å². The zero-order valence-electron chi connectivity index (χ0n) is 11.7. The van der Waals surface area contributed by atoms with Gasteiger partial charge in [0.1, 0.15) is 5.75 Å². The van der Waals surface area contributed by atoms with Crippen LogP contribution >= 0.6 is 23.2 Å². The summed E-state index contributed by atoms with van der Waals surface area (Å²) in [4.78, 5) is 23.1. The summed E-state index contributed by atoms with van der Waals surface area (Å²) >= 11 is 11.8. The minimum atomic E-state index is -0.377. The average molecular weight is 338 g/mol. The maximum Gasteiger partial charge on any atom is 0.262 e. The topological polar surface area (TPSA) is 55.4 Å². The van der Waals surface area contributed by atoms with E-state index in [-0.39, 0.29) is 18.3 Å². The van der Waals surface area contributed by atoms with Gasteiger partial charge in [0.05, 0.1) is 10.7 Å². The lowest BCUT2D eigenvalue weighted by Gasteiger charge is -2.09. The van der Waals surface area contributed by atoms with E-state index in [0.717, 1.165) is 0 Å². The summed E-state index contributed by atoms with van der Waals surface area (Å²) in [5, 5.41) is 3.46. The van der Waals surface area contributed by atoms with Crippen LogP contribution in [0.25, 0.3) is 0 Å². The predicted molar refractivity (Wildman–Crippen MR) is 87.0 cm³/mol. The number of ether oxygens (including phenoxy) is 1. The van der Waals surface area contributed by atoms with E-state index in [1.807, 2.05) is 0 Å². The van der Waals surface area contributed by atoms with Crippen LogP contribution in [0.2, 0.25) is 10.0 Å². The average Bonchev–Trinajstić information content (AvgIpc) is 2.49. The lowest BCUT2D eigenvalue weighted by atomic mass is 10.1. The van der Waals surface area contributed by atoms with Gasteiger partial charge in [-0.25, -0.2) is 0 Å². The fourth-order valence-corrected chi connectivity index (χ4v) is 2.07. The van der Waals surface area contributed by atoms with Gasteiger partial charge >= 0.3 is 0 Å². The van der Waals surface area contributed by atoms with Crippen molar-refractivity contribution in [3.8, 4) is 5.75 Å². The molecular formula is C16H13Cl2NO3.